The molecule has 0 amide bonds. The standard InChI is InChI=1S/C12H25N3/c1-4-12(5-2)6-7-15(9-12)10(3)8-11(13)14/h10H,4-9H2,1-3H3,(H3,13,14). The first-order chi connectivity index (χ1) is 7.03. The van der Waals surface area contributed by atoms with Gasteiger partial charge in [-0.15, -0.1) is 0 Å². The van der Waals surface area contributed by atoms with Crippen LogP contribution in [-0.2, 0) is 0 Å². The third kappa shape index (κ3) is 2.94. The first-order valence-electron chi connectivity index (χ1n) is 6.10. The van der Waals surface area contributed by atoms with Crippen LogP contribution >= 0.6 is 0 Å². The maximum absolute atomic E-state index is 7.33. The molecule has 1 aliphatic rings. The molecule has 1 fully saturated rings. The third-order valence-corrected chi connectivity index (χ3v) is 4.11. The molecule has 1 saturated heterocycles. The van der Waals surface area contributed by atoms with Gasteiger partial charge >= 0.3 is 0 Å². The summed E-state index contributed by atoms with van der Waals surface area (Å²) in [6, 6.07) is 0.433. The number of hydrogen-bond donors (Lipinski definition) is 2. The minimum Gasteiger partial charge on any atom is -0.388 e. The van der Waals surface area contributed by atoms with Gasteiger partial charge in [-0.05, 0) is 38.1 Å². The van der Waals surface area contributed by atoms with Gasteiger partial charge in [-0.25, -0.2) is 0 Å². The Hall–Kier alpha value is -0.570. The number of hydrogen-bond acceptors (Lipinski definition) is 2. The van der Waals surface area contributed by atoms with E-state index in [0.29, 0.717) is 23.7 Å². The fourth-order valence-electron chi connectivity index (χ4n) is 2.62. The molecule has 1 atom stereocenters. The molecule has 15 heavy (non-hydrogen) atoms. The molecule has 0 aromatic heterocycles. The number of nitrogens with one attached hydrogen (secondary N) is 1. The molecule has 3 heteroatoms. The molecule has 0 saturated carbocycles. The van der Waals surface area contributed by atoms with Gasteiger partial charge in [0.2, 0.25) is 0 Å². The Labute approximate surface area is 93.5 Å². The zero-order valence-corrected chi connectivity index (χ0v) is 10.3. The lowest BCUT2D eigenvalue weighted by Crippen LogP contribution is -2.36. The van der Waals surface area contributed by atoms with Crippen molar-refractivity contribution in [3.63, 3.8) is 0 Å². The molecule has 1 heterocycles. The van der Waals surface area contributed by atoms with Crippen LogP contribution in [0.15, 0.2) is 0 Å². The zero-order valence-electron chi connectivity index (χ0n) is 10.3. The molecule has 1 unspecified atom stereocenters. The SMILES string of the molecule is CCC1(CC)CCN(C(C)CC(=N)N)C1. The molecule has 88 valence electrons. The fraction of sp³-hybridized carbons (Fsp3) is 0.917. The van der Waals surface area contributed by atoms with Gasteiger partial charge in [0.05, 0.1) is 5.84 Å². The highest BCUT2D eigenvalue weighted by atomic mass is 15.2. The van der Waals surface area contributed by atoms with Gasteiger partial charge in [0, 0.05) is 19.0 Å². The van der Waals surface area contributed by atoms with Gasteiger partial charge in [0.15, 0.2) is 0 Å². The van der Waals surface area contributed by atoms with Crippen LogP contribution < -0.4 is 5.73 Å². The van der Waals surface area contributed by atoms with Crippen LogP contribution in [0.2, 0.25) is 0 Å². The van der Waals surface area contributed by atoms with Crippen molar-refractivity contribution >= 4 is 5.84 Å². The largest absolute Gasteiger partial charge is 0.388 e. The molecule has 3 N–H and O–H groups in total. The van der Waals surface area contributed by atoms with E-state index in [1.165, 1.54) is 32.4 Å². The normalized spacial score (nSPS) is 22.9. The van der Waals surface area contributed by atoms with Gasteiger partial charge in [-0.2, -0.15) is 0 Å². The van der Waals surface area contributed by atoms with Crippen LogP contribution in [0.5, 0.6) is 0 Å². The summed E-state index contributed by atoms with van der Waals surface area (Å²) in [5.74, 6) is 0.313. The molecule has 0 spiro atoms. The lowest BCUT2D eigenvalue weighted by atomic mass is 9.82. The highest BCUT2D eigenvalue weighted by molar-refractivity contribution is 5.77. The Balaban J connectivity index is 2.51. The van der Waals surface area contributed by atoms with Crippen molar-refractivity contribution in [2.24, 2.45) is 11.1 Å². The Morgan fingerprint density at radius 2 is 2.07 bits per heavy atom. The summed E-state index contributed by atoms with van der Waals surface area (Å²) < 4.78 is 0. The van der Waals surface area contributed by atoms with Crippen molar-refractivity contribution in [2.75, 3.05) is 13.1 Å². The lowest BCUT2D eigenvalue weighted by Gasteiger charge is -2.29. The smallest absolute Gasteiger partial charge is 0.0920 e. The Kier molecular flexibility index (Phi) is 4.14. The zero-order chi connectivity index (χ0) is 11.5. The van der Waals surface area contributed by atoms with Gasteiger partial charge in [0.1, 0.15) is 0 Å². The maximum atomic E-state index is 7.33. The number of likely N-dealkylation sites (tertiary alicyclic amines) is 1. The van der Waals surface area contributed by atoms with Gasteiger partial charge < -0.3 is 5.73 Å². The maximum Gasteiger partial charge on any atom is 0.0920 e. The molecule has 0 aromatic rings. The van der Waals surface area contributed by atoms with Crippen LogP contribution in [0.4, 0.5) is 0 Å². The minimum absolute atomic E-state index is 0.313. The highest BCUT2D eigenvalue weighted by Crippen LogP contribution is 2.37. The second-order valence-electron chi connectivity index (χ2n) is 5.01. The summed E-state index contributed by atoms with van der Waals surface area (Å²) >= 11 is 0. The summed E-state index contributed by atoms with van der Waals surface area (Å²) in [6.07, 6.45) is 4.56. The predicted octanol–water partition coefficient (Wildman–Crippen LogP) is 2.21. The summed E-state index contributed by atoms with van der Waals surface area (Å²) in [7, 11) is 0. The minimum atomic E-state index is 0.313. The second-order valence-corrected chi connectivity index (χ2v) is 5.01. The summed E-state index contributed by atoms with van der Waals surface area (Å²) in [5.41, 5.74) is 5.98. The molecule has 0 bridgehead atoms. The monoisotopic (exact) mass is 211 g/mol. The number of rotatable bonds is 5. The Bertz CT molecular complexity index is 221. The number of amidine groups is 1. The lowest BCUT2D eigenvalue weighted by molar-refractivity contribution is 0.205. The summed E-state index contributed by atoms with van der Waals surface area (Å²) in [4.78, 5) is 2.49. The number of nitrogens with two attached hydrogens (primary N) is 1. The van der Waals surface area contributed by atoms with E-state index < -0.39 is 0 Å². The average Bonchev–Trinajstić information content (AvgIpc) is 2.62. The first kappa shape index (κ1) is 12.5. The highest BCUT2D eigenvalue weighted by Gasteiger charge is 2.36. The van der Waals surface area contributed by atoms with E-state index in [0.717, 1.165) is 0 Å². The average molecular weight is 211 g/mol. The van der Waals surface area contributed by atoms with Gasteiger partial charge in [-0.1, -0.05) is 13.8 Å². The fourth-order valence-corrected chi connectivity index (χ4v) is 2.62. The predicted molar refractivity (Wildman–Crippen MR) is 65.2 cm³/mol. The van der Waals surface area contributed by atoms with Gasteiger partial charge in [-0.3, -0.25) is 10.3 Å². The second kappa shape index (κ2) is 4.97. The van der Waals surface area contributed by atoms with Crippen LogP contribution in [0, 0.1) is 10.8 Å². The van der Waals surface area contributed by atoms with Crippen molar-refractivity contribution < 1.29 is 0 Å². The first-order valence-corrected chi connectivity index (χ1v) is 6.10. The molecule has 3 nitrogen and oxygen atoms in total. The van der Waals surface area contributed by atoms with Crippen LogP contribution in [0.25, 0.3) is 0 Å². The van der Waals surface area contributed by atoms with E-state index in [9.17, 15) is 0 Å². The molecule has 0 aromatic carbocycles. The van der Waals surface area contributed by atoms with E-state index in [2.05, 4.69) is 25.7 Å². The summed E-state index contributed by atoms with van der Waals surface area (Å²) in [6.45, 7) is 9.14. The van der Waals surface area contributed by atoms with Crippen molar-refractivity contribution in [3.8, 4) is 0 Å². The third-order valence-electron chi connectivity index (χ3n) is 4.11. The molecule has 1 aliphatic heterocycles. The number of nitrogens with zero attached hydrogens (tertiary/aromatic N) is 1. The van der Waals surface area contributed by atoms with E-state index >= 15 is 0 Å². The van der Waals surface area contributed by atoms with E-state index in [4.69, 9.17) is 11.1 Å². The van der Waals surface area contributed by atoms with Crippen LogP contribution in [0.3, 0.4) is 0 Å². The molecule has 0 radical (unpaired) electrons. The van der Waals surface area contributed by atoms with E-state index in [1.807, 2.05) is 0 Å². The quantitative estimate of drug-likeness (QED) is 0.541. The van der Waals surface area contributed by atoms with Crippen molar-refractivity contribution in [1.29, 1.82) is 5.41 Å². The molecule has 1 rings (SSSR count). The Morgan fingerprint density at radius 3 is 2.47 bits per heavy atom. The summed E-state index contributed by atoms with van der Waals surface area (Å²) in [5, 5.41) is 7.33. The van der Waals surface area contributed by atoms with Crippen LogP contribution in [0.1, 0.15) is 46.5 Å². The molecular weight excluding hydrogens is 186 g/mol. The Morgan fingerprint density at radius 1 is 1.47 bits per heavy atom. The van der Waals surface area contributed by atoms with Gasteiger partial charge in [0.25, 0.3) is 0 Å². The van der Waals surface area contributed by atoms with Crippen molar-refractivity contribution in [2.45, 2.75) is 52.5 Å². The van der Waals surface area contributed by atoms with Crippen molar-refractivity contribution in [1.82, 2.24) is 4.90 Å². The molecular formula is C12H25N3. The molecule has 0 aliphatic carbocycles. The van der Waals surface area contributed by atoms with Crippen molar-refractivity contribution in [3.05, 3.63) is 0 Å². The van der Waals surface area contributed by atoms with E-state index in [-0.39, 0.29) is 0 Å². The van der Waals surface area contributed by atoms with E-state index in [1.54, 1.807) is 0 Å². The van der Waals surface area contributed by atoms with Crippen LogP contribution in [-0.4, -0.2) is 29.9 Å². The topological polar surface area (TPSA) is 53.1 Å².